The molecule has 1 aromatic carbocycles. The van der Waals surface area contributed by atoms with Crippen molar-refractivity contribution < 1.29 is 13.2 Å². The fourth-order valence-electron chi connectivity index (χ4n) is 4.06. The second kappa shape index (κ2) is 8.10. The normalized spacial score (nSPS) is 24.4. The summed E-state index contributed by atoms with van der Waals surface area (Å²) in [5.41, 5.74) is 2.08. The number of amides is 1. The van der Waals surface area contributed by atoms with Crippen LogP contribution in [0, 0.1) is 5.92 Å². The summed E-state index contributed by atoms with van der Waals surface area (Å²) in [5, 5.41) is 7.08. The lowest BCUT2D eigenvalue weighted by molar-refractivity contribution is -0.130. The highest BCUT2D eigenvalue weighted by atomic mass is 32.2. The predicted octanol–water partition coefficient (Wildman–Crippen LogP) is 2.83. The number of hydrogen-bond donors (Lipinski definition) is 0. The number of carbonyl (C=O) groups excluding carboxylic acids is 1. The molecule has 2 atom stereocenters. The lowest BCUT2D eigenvalue weighted by Gasteiger charge is -2.32. The Hall–Kier alpha value is -1.87. The zero-order chi connectivity index (χ0) is 20.6. The first-order valence-electron chi connectivity index (χ1n) is 9.96. The minimum atomic E-state index is -3.04. The third-order valence-electron chi connectivity index (χ3n) is 5.39. The molecular formula is C20H26N4O3S2. The van der Waals surface area contributed by atoms with E-state index in [0.717, 1.165) is 22.8 Å². The van der Waals surface area contributed by atoms with Gasteiger partial charge in [0.2, 0.25) is 5.91 Å². The maximum absolute atomic E-state index is 13.1. The van der Waals surface area contributed by atoms with E-state index in [0.29, 0.717) is 13.0 Å². The molecule has 4 rings (SSSR count). The van der Waals surface area contributed by atoms with Crippen molar-refractivity contribution in [3.8, 4) is 0 Å². The topological polar surface area (TPSA) is 82.4 Å². The van der Waals surface area contributed by atoms with E-state index in [2.05, 4.69) is 11.2 Å². The van der Waals surface area contributed by atoms with E-state index in [1.54, 1.807) is 4.90 Å². The zero-order valence-electron chi connectivity index (χ0n) is 16.7. The van der Waals surface area contributed by atoms with E-state index in [9.17, 15) is 13.2 Å². The highest BCUT2D eigenvalue weighted by molar-refractivity contribution is 8.14. The third kappa shape index (κ3) is 4.35. The number of sulfone groups is 1. The Morgan fingerprint density at radius 2 is 2.14 bits per heavy atom. The first-order valence-corrected chi connectivity index (χ1v) is 12.8. The fourth-order valence-corrected chi connectivity index (χ4v) is 6.68. The lowest BCUT2D eigenvalue weighted by atomic mass is 10.0. The molecule has 3 heterocycles. The molecule has 0 bridgehead atoms. The number of rotatable bonds is 5. The van der Waals surface area contributed by atoms with Gasteiger partial charge in [-0.25, -0.2) is 18.4 Å². The number of amidine groups is 1. The van der Waals surface area contributed by atoms with Gasteiger partial charge in [0.1, 0.15) is 0 Å². The van der Waals surface area contributed by atoms with Gasteiger partial charge in [-0.1, -0.05) is 43.8 Å². The summed E-state index contributed by atoms with van der Waals surface area (Å²) in [6.45, 7) is 4.66. The number of hydrazone groups is 1. The molecule has 0 aliphatic carbocycles. The molecule has 29 heavy (non-hydrogen) atoms. The molecule has 156 valence electrons. The van der Waals surface area contributed by atoms with Crippen molar-refractivity contribution in [1.29, 1.82) is 0 Å². The van der Waals surface area contributed by atoms with Crippen LogP contribution in [0.1, 0.15) is 38.3 Å². The van der Waals surface area contributed by atoms with E-state index in [4.69, 9.17) is 4.99 Å². The molecular weight excluding hydrogens is 408 g/mol. The van der Waals surface area contributed by atoms with Crippen molar-refractivity contribution in [2.75, 3.05) is 23.8 Å². The molecule has 0 unspecified atom stereocenters. The molecule has 3 aliphatic heterocycles. The van der Waals surface area contributed by atoms with Gasteiger partial charge >= 0.3 is 0 Å². The molecule has 3 aliphatic rings. The number of benzene rings is 1. The van der Waals surface area contributed by atoms with Crippen molar-refractivity contribution in [3.05, 3.63) is 29.8 Å². The summed E-state index contributed by atoms with van der Waals surface area (Å²) < 4.78 is 23.8. The van der Waals surface area contributed by atoms with Crippen LogP contribution in [0.5, 0.6) is 0 Å². The van der Waals surface area contributed by atoms with Gasteiger partial charge < -0.3 is 4.90 Å². The van der Waals surface area contributed by atoms with Crippen LogP contribution in [0.3, 0.4) is 0 Å². The summed E-state index contributed by atoms with van der Waals surface area (Å²) >= 11 is 1.38. The zero-order valence-corrected chi connectivity index (χ0v) is 18.3. The highest BCUT2D eigenvalue weighted by Crippen LogP contribution is 2.40. The molecule has 1 amide bonds. The Morgan fingerprint density at radius 3 is 2.86 bits per heavy atom. The van der Waals surface area contributed by atoms with Gasteiger partial charge in [-0.2, -0.15) is 5.10 Å². The van der Waals surface area contributed by atoms with Crippen molar-refractivity contribution in [2.24, 2.45) is 16.0 Å². The van der Waals surface area contributed by atoms with Gasteiger partial charge in [-0.3, -0.25) is 4.79 Å². The Morgan fingerprint density at radius 1 is 1.34 bits per heavy atom. The number of fused-ring (bicyclic) bond motifs is 3. The minimum absolute atomic E-state index is 0.0351. The minimum Gasteiger partial charge on any atom is -0.338 e. The number of aliphatic imine (C=N–C) groups is 1. The molecule has 0 N–H and O–H groups in total. The molecule has 1 fully saturated rings. The van der Waals surface area contributed by atoms with Crippen molar-refractivity contribution in [1.82, 2.24) is 9.91 Å². The molecule has 1 saturated heterocycles. The van der Waals surface area contributed by atoms with Crippen LogP contribution in [0.25, 0.3) is 0 Å². The summed E-state index contributed by atoms with van der Waals surface area (Å²) in [6.07, 6.45) is 3.24. The maximum Gasteiger partial charge on any atom is 0.233 e. The van der Waals surface area contributed by atoms with E-state index >= 15 is 0 Å². The summed E-state index contributed by atoms with van der Waals surface area (Å²) in [6, 6.07) is 7.94. The van der Waals surface area contributed by atoms with Crippen LogP contribution in [0.15, 0.2) is 34.4 Å². The Kier molecular flexibility index (Phi) is 5.70. The SMILES string of the molecule is CC(C)CN(C(=O)CSC1=Nc2ccccc2[C@@H]2CC=NN12)[C@@H]1CCS(=O)(=O)C1. The van der Waals surface area contributed by atoms with E-state index in [-0.39, 0.29) is 41.2 Å². The van der Waals surface area contributed by atoms with Crippen LogP contribution < -0.4 is 0 Å². The van der Waals surface area contributed by atoms with Gasteiger partial charge in [-0.15, -0.1) is 0 Å². The Labute approximate surface area is 176 Å². The number of para-hydroxylation sites is 1. The summed E-state index contributed by atoms with van der Waals surface area (Å²) in [7, 11) is -3.04. The monoisotopic (exact) mass is 434 g/mol. The van der Waals surface area contributed by atoms with Gasteiger partial charge in [0.25, 0.3) is 0 Å². The van der Waals surface area contributed by atoms with Crippen LogP contribution in [0.4, 0.5) is 5.69 Å². The largest absolute Gasteiger partial charge is 0.338 e. The second-order valence-electron chi connectivity index (χ2n) is 8.13. The van der Waals surface area contributed by atoms with Crippen LogP contribution in [-0.4, -0.2) is 65.5 Å². The molecule has 7 nitrogen and oxygen atoms in total. The quantitative estimate of drug-likeness (QED) is 0.712. The maximum atomic E-state index is 13.1. The number of hydrogen-bond acceptors (Lipinski definition) is 7. The molecule has 0 saturated carbocycles. The summed E-state index contributed by atoms with van der Waals surface area (Å²) in [4.78, 5) is 19.5. The molecule has 9 heteroatoms. The van der Waals surface area contributed by atoms with E-state index in [1.165, 1.54) is 11.8 Å². The van der Waals surface area contributed by atoms with Crippen LogP contribution in [0.2, 0.25) is 0 Å². The van der Waals surface area contributed by atoms with Gasteiger partial charge in [0.15, 0.2) is 15.0 Å². The second-order valence-corrected chi connectivity index (χ2v) is 11.3. The molecule has 0 aromatic heterocycles. The molecule has 0 radical (unpaired) electrons. The fraction of sp³-hybridized carbons (Fsp3) is 0.550. The standard InChI is InChI=1S/C20H26N4O3S2/c1-14(2)11-23(15-8-10-29(26,27)13-15)19(25)12-28-20-22-17-6-4-3-5-16(17)18-7-9-21-24(18)20/h3-6,9,14-15,18H,7-8,10-13H2,1-2H3/t15-,18+/m1/s1. The lowest BCUT2D eigenvalue weighted by Crippen LogP contribution is -2.44. The van der Waals surface area contributed by atoms with Crippen molar-refractivity contribution >= 4 is 44.6 Å². The molecule has 0 spiro atoms. The van der Waals surface area contributed by atoms with Gasteiger partial charge in [0, 0.05) is 30.8 Å². The number of nitrogens with zero attached hydrogens (tertiary/aromatic N) is 4. The predicted molar refractivity (Wildman–Crippen MR) is 117 cm³/mol. The highest BCUT2D eigenvalue weighted by Gasteiger charge is 2.36. The first-order chi connectivity index (χ1) is 13.8. The van der Waals surface area contributed by atoms with Crippen LogP contribution in [-0.2, 0) is 14.6 Å². The third-order valence-corrected chi connectivity index (χ3v) is 8.07. The van der Waals surface area contributed by atoms with Crippen molar-refractivity contribution in [3.63, 3.8) is 0 Å². The van der Waals surface area contributed by atoms with E-state index < -0.39 is 9.84 Å². The first kappa shape index (κ1) is 20.4. The average Bonchev–Trinajstić information content (AvgIpc) is 3.30. The van der Waals surface area contributed by atoms with Gasteiger partial charge in [0.05, 0.1) is 29.0 Å². The summed E-state index contributed by atoms with van der Waals surface area (Å²) in [5.74, 6) is 0.706. The number of thioether (sulfide) groups is 1. The average molecular weight is 435 g/mol. The Bertz CT molecular complexity index is 958. The number of carbonyl (C=O) groups is 1. The smallest absolute Gasteiger partial charge is 0.233 e. The van der Waals surface area contributed by atoms with E-state index in [1.807, 2.05) is 43.3 Å². The van der Waals surface area contributed by atoms with Crippen molar-refractivity contribution in [2.45, 2.75) is 38.8 Å². The molecule has 1 aromatic rings. The Balaban J connectivity index is 1.49. The van der Waals surface area contributed by atoms with Gasteiger partial charge in [-0.05, 0) is 18.4 Å². The van der Waals surface area contributed by atoms with Crippen LogP contribution >= 0.6 is 11.8 Å².